The van der Waals surface area contributed by atoms with Gasteiger partial charge in [0, 0.05) is 37.5 Å². The van der Waals surface area contributed by atoms with Crippen molar-refractivity contribution in [2.24, 2.45) is 0 Å². The Morgan fingerprint density at radius 3 is 2.42 bits per heavy atom. The highest BCUT2D eigenvalue weighted by atomic mass is 16.2. The molecule has 100 valence electrons. The average molecular weight is 258 g/mol. The molecule has 0 spiro atoms. The molecule has 0 aromatic heterocycles. The van der Waals surface area contributed by atoms with Crippen LogP contribution in [0.3, 0.4) is 0 Å². The van der Waals surface area contributed by atoms with Gasteiger partial charge in [-0.2, -0.15) is 0 Å². The fourth-order valence-corrected chi connectivity index (χ4v) is 2.13. The molecule has 1 aliphatic heterocycles. The summed E-state index contributed by atoms with van der Waals surface area (Å²) < 4.78 is 0. The van der Waals surface area contributed by atoms with Gasteiger partial charge in [0.15, 0.2) is 0 Å². The Labute approximate surface area is 113 Å². The molecular formula is C15H18N2O2. The minimum absolute atomic E-state index is 0.160. The van der Waals surface area contributed by atoms with E-state index < -0.39 is 0 Å². The van der Waals surface area contributed by atoms with Crippen LogP contribution in [0.5, 0.6) is 0 Å². The van der Waals surface area contributed by atoms with Crippen molar-refractivity contribution in [2.75, 3.05) is 25.0 Å². The molecule has 4 heteroatoms. The van der Waals surface area contributed by atoms with Gasteiger partial charge in [-0.3, -0.25) is 14.5 Å². The van der Waals surface area contributed by atoms with Crippen LogP contribution in [0.15, 0.2) is 42.0 Å². The first-order chi connectivity index (χ1) is 9.09. The summed E-state index contributed by atoms with van der Waals surface area (Å²) in [6.45, 7) is 2.96. The number of para-hydroxylation sites is 1. The molecule has 1 aromatic carbocycles. The third kappa shape index (κ3) is 3.02. The lowest BCUT2D eigenvalue weighted by molar-refractivity contribution is -0.137. The van der Waals surface area contributed by atoms with Crippen LogP contribution < -0.4 is 4.90 Å². The van der Waals surface area contributed by atoms with E-state index >= 15 is 0 Å². The highest BCUT2D eigenvalue weighted by molar-refractivity contribution is 6.15. The zero-order chi connectivity index (χ0) is 13.8. The summed E-state index contributed by atoms with van der Waals surface area (Å²) in [7, 11) is 2.01. The Morgan fingerprint density at radius 1 is 1.16 bits per heavy atom. The zero-order valence-corrected chi connectivity index (χ0v) is 11.3. The molecule has 1 aliphatic rings. The monoisotopic (exact) mass is 258 g/mol. The maximum Gasteiger partial charge on any atom is 0.256 e. The summed E-state index contributed by atoms with van der Waals surface area (Å²) in [5.74, 6) is -0.350. The van der Waals surface area contributed by atoms with Crippen molar-refractivity contribution in [3.05, 3.63) is 42.0 Å². The summed E-state index contributed by atoms with van der Waals surface area (Å²) in [5.41, 5.74) is 1.66. The second-order valence-electron chi connectivity index (χ2n) is 4.73. The molecule has 2 amide bonds. The summed E-state index contributed by atoms with van der Waals surface area (Å²) in [6, 6.07) is 10.0. The fraction of sp³-hybridized carbons (Fsp3) is 0.333. The molecule has 0 saturated heterocycles. The molecular weight excluding hydrogens is 240 g/mol. The minimum Gasteiger partial charge on any atom is -0.375 e. The van der Waals surface area contributed by atoms with Gasteiger partial charge in [-0.15, -0.1) is 0 Å². The molecule has 0 saturated carbocycles. The first kappa shape index (κ1) is 13.3. The molecule has 0 unspecified atom stereocenters. The van der Waals surface area contributed by atoms with Crippen LogP contribution in [0.4, 0.5) is 5.69 Å². The molecule has 0 fully saturated rings. The van der Waals surface area contributed by atoms with E-state index in [1.807, 2.05) is 37.4 Å². The van der Waals surface area contributed by atoms with Crippen molar-refractivity contribution < 1.29 is 9.59 Å². The third-order valence-corrected chi connectivity index (χ3v) is 3.26. The highest BCUT2D eigenvalue weighted by Gasteiger charge is 2.27. The van der Waals surface area contributed by atoms with E-state index in [1.165, 1.54) is 11.0 Å². The SMILES string of the molecule is CC1=CC(=O)N(CCCN(C)c2ccccc2)C1=O. The molecule has 0 N–H and O–H groups in total. The number of carbonyl (C=O) groups is 2. The van der Waals surface area contributed by atoms with Crippen molar-refractivity contribution in [3.8, 4) is 0 Å². The van der Waals surface area contributed by atoms with Crippen LogP contribution in [0.2, 0.25) is 0 Å². The number of hydrogen-bond donors (Lipinski definition) is 0. The number of nitrogens with zero attached hydrogens (tertiary/aromatic N) is 2. The fourth-order valence-electron chi connectivity index (χ4n) is 2.13. The van der Waals surface area contributed by atoms with Gasteiger partial charge in [0.25, 0.3) is 11.8 Å². The van der Waals surface area contributed by atoms with E-state index in [0.29, 0.717) is 12.1 Å². The standard InChI is InChI=1S/C15H18N2O2/c1-12-11-14(18)17(15(12)19)10-6-9-16(2)13-7-4-3-5-8-13/h3-5,7-8,11H,6,9-10H2,1-2H3. The predicted molar refractivity (Wildman–Crippen MR) is 74.8 cm³/mol. The van der Waals surface area contributed by atoms with Crippen molar-refractivity contribution in [3.63, 3.8) is 0 Å². The van der Waals surface area contributed by atoms with Gasteiger partial charge in [-0.25, -0.2) is 0 Å². The summed E-state index contributed by atoms with van der Waals surface area (Å²) in [5, 5.41) is 0. The molecule has 1 heterocycles. The number of anilines is 1. The van der Waals surface area contributed by atoms with Crippen LogP contribution in [-0.2, 0) is 9.59 Å². The Hall–Kier alpha value is -2.10. The second-order valence-corrected chi connectivity index (χ2v) is 4.73. The predicted octanol–water partition coefficient (Wildman–Crippen LogP) is 1.83. The van der Waals surface area contributed by atoms with Crippen LogP contribution in [-0.4, -0.2) is 36.9 Å². The van der Waals surface area contributed by atoms with E-state index in [1.54, 1.807) is 6.92 Å². The topological polar surface area (TPSA) is 40.6 Å². The smallest absolute Gasteiger partial charge is 0.256 e. The van der Waals surface area contributed by atoms with E-state index in [2.05, 4.69) is 4.90 Å². The van der Waals surface area contributed by atoms with Gasteiger partial charge < -0.3 is 4.90 Å². The molecule has 2 rings (SSSR count). The molecule has 1 aromatic rings. The van der Waals surface area contributed by atoms with Gasteiger partial charge in [-0.05, 0) is 25.5 Å². The number of rotatable bonds is 5. The van der Waals surface area contributed by atoms with Gasteiger partial charge in [0.2, 0.25) is 0 Å². The molecule has 19 heavy (non-hydrogen) atoms. The van der Waals surface area contributed by atoms with Crippen LogP contribution >= 0.6 is 0 Å². The molecule has 0 aliphatic carbocycles. The number of benzene rings is 1. The lowest BCUT2D eigenvalue weighted by Crippen LogP contribution is -2.33. The van der Waals surface area contributed by atoms with Gasteiger partial charge in [-0.1, -0.05) is 18.2 Å². The van der Waals surface area contributed by atoms with E-state index in [0.717, 1.165) is 18.7 Å². The third-order valence-electron chi connectivity index (χ3n) is 3.26. The molecule has 0 radical (unpaired) electrons. The highest BCUT2D eigenvalue weighted by Crippen LogP contribution is 2.14. The van der Waals surface area contributed by atoms with Crippen molar-refractivity contribution in [1.29, 1.82) is 0 Å². The Balaban J connectivity index is 1.82. The first-order valence-corrected chi connectivity index (χ1v) is 6.40. The van der Waals surface area contributed by atoms with Gasteiger partial charge in [0.05, 0.1) is 0 Å². The number of carbonyl (C=O) groups excluding carboxylic acids is 2. The van der Waals surface area contributed by atoms with Crippen LogP contribution in [0.25, 0.3) is 0 Å². The average Bonchev–Trinajstić information content (AvgIpc) is 2.66. The summed E-state index contributed by atoms with van der Waals surface area (Å²) in [6.07, 6.45) is 2.17. The summed E-state index contributed by atoms with van der Waals surface area (Å²) >= 11 is 0. The number of hydrogen-bond acceptors (Lipinski definition) is 3. The Kier molecular flexibility index (Phi) is 4.00. The quantitative estimate of drug-likeness (QED) is 0.756. The van der Waals surface area contributed by atoms with Gasteiger partial charge >= 0.3 is 0 Å². The summed E-state index contributed by atoms with van der Waals surface area (Å²) in [4.78, 5) is 26.7. The normalized spacial score (nSPS) is 14.8. The molecule has 0 atom stereocenters. The number of imide groups is 1. The largest absolute Gasteiger partial charge is 0.375 e. The van der Waals surface area contributed by atoms with E-state index in [9.17, 15) is 9.59 Å². The first-order valence-electron chi connectivity index (χ1n) is 6.40. The Bertz CT molecular complexity index is 508. The van der Waals surface area contributed by atoms with E-state index in [4.69, 9.17) is 0 Å². The van der Waals surface area contributed by atoms with Crippen molar-refractivity contribution in [2.45, 2.75) is 13.3 Å². The van der Waals surface area contributed by atoms with Crippen LogP contribution in [0.1, 0.15) is 13.3 Å². The second kappa shape index (κ2) is 5.69. The Morgan fingerprint density at radius 2 is 1.84 bits per heavy atom. The van der Waals surface area contributed by atoms with Crippen molar-refractivity contribution in [1.82, 2.24) is 4.90 Å². The zero-order valence-electron chi connectivity index (χ0n) is 11.3. The lowest BCUT2D eigenvalue weighted by atomic mass is 10.2. The van der Waals surface area contributed by atoms with Crippen LogP contribution in [0, 0.1) is 0 Å². The van der Waals surface area contributed by atoms with Crippen molar-refractivity contribution >= 4 is 17.5 Å². The maximum atomic E-state index is 11.7. The molecule has 0 bridgehead atoms. The van der Waals surface area contributed by atoms with E-state index in [-0.39, 0.29) is 11.8 Å². The van der Waals surface area contributed by atoms with Gasteiger partial charge in [0.1, 0.15) is 0 Å². The molecule has 4 nitrogen and oxygen atoms in total. The maximum absolute atomic E-state index is 11.7. The minimum atomic E-state index is -0.190. The number of amides is 2. The lowest BCUT2D eigenvalue weighted by Gasteiger charge is -2.21.